The molecule has 0 aliphatic heterocycles. The normalized spacial score (nSPS) is 22.9. The summed E-state index contributed by atoms with van der Waals surface area (Å²) in [5, 5.41) is 3.66. The van der Waals surface area contributed by atoms with Gasteiger partial charge in [0.2, 0.25) is 0 Å². The van der Waals surface area contributed by atoms with E-state index in [1.807, 2.05) is 6.92 Å². The third-order valence-corrected chi connectivity index (χ3v) is 4.91. The van der Waals surface area contributed by atoms with Gasteiger partial charge in [0.1, 0.15) is 5.54 Å². The van der Waals surface area contributed by atoms with Crippen molar-refractivity contribution in [2.45, 2.75) is 76.9 Å². The van der Waals surface area contributed by atoms with Crippen molar-refractivity contribution in [3.63, 3.8) is 0 Å². The standard InChI is InChI=1S/C17H32N2O2/c1-5-7-13(3)19(4)12-17(14-8-9-14,16(20)21-6-2)18-15-10-11-15/h13-15,18H,5-12H2,1-4H3. The first-order valence-electron chi connectivity index (χ1n) is 8.68. The van der Waals surface area contributed by atoms with Crippen LogP contribution in [-0.4, -0.2) is 48.7 Å². The predicted molar refractivity (Wildman–Crippen MR) is 85.2 cm³/mol. The number of esters is 1. The number of ether oxygens (including phenoxy) is 1. The quantitative estimate of drug-likeness (QED) is 0.629. The van der Waals surface area contributed by atoms with Gasteiger partial charge in [-0.15, -0.1) is 0 Å². The Morgan fingerprint density at radius 1 is 1.33 bits per heavy atom. The number of carbonyl (C=O) groups excluding carboxylic acids is 1. The molecular formula is C17H32N2O2. The van der Waals surface area contributed by atoms with Gasteiger partial charge < -0.3 is 9.64 Å². The lowest BCUT2D eigenvalue weighted by molar-refractivity contribution is -0.153. The van der Waals surface area contributed by atoms with E-state index in [-0.39, 0.29) is 5.97 Å². The van der Waals surface area contributed by atoms with Crippen LogP contribution in [-0.2, 0) is 9.53 Å². The van der Waals surface area contributed by atoms with Crippen molar-refractivity contribution in [3.05, 3.63) is 0 Å². The molecule has 2 saturated carbocycles. The van der Waals surface area contributed by atoms with E-state index in [0.29, 0.717) is 24.6 Å². The third-order valence-electron chi connectivity index (χ3n) is 4.91. The Hall–Kier alpha value is -0.610. The van der Waals surface area contributed by atoms with Crippen molar-refractivity contribution < 1.29 is 9.53 Å². The maximum absolute atomic E-state index is 12.7. The number of likely N-dealkylation sites (N-methyl/N-ethyl adjacent to an activating group) is 1. The highest BCUT2D eigenvalue weighted by Gasteiger charge is 2.54. The summed E-state index contributed by atoms with van der Waals surface area (Å²) < 4.78 is 5.45. The lowest BCUT2D eigenvalue weighted by Gasteiger charge is -2.38. The summed E-state index contributed by atoms with van der Waals surface area (Å²) in [6, 6.07) is 1.02. The van der Waals surface area contributed by atoms with Crippen LogP contribution in [0.4, 0.5) is 0 Å². The van der Waals surface area contributed by atoms with E-state index in [0.717, 1.165) is 19.4 Å². The Kier molecular flexibility index (Phi) is 5.67. The second-order valence-corrected chi connectivity index (χ2v) is 6.94. The smallest absolute Gasteiger partial charge is 0.327 e. The van der Waals surface area contributed by atoms with Gasteiger partial charge in [0, 0.05) is 18.6 Å². The minimum absolute atomic E-state index is 0.0325. The summed E-state index contributed by atoms with van der Waals surface area (Å²) in [6.07, 6.45) is 7.04. The molecule has 2 aliphatic rings. The maximum atomic E-state index is 12.7. The molecule has 2 aliphatic carbocycles. The largest absolute Gasteiger partial charge is 0.465 e. The molecule has 0 heterocycles. The first-order chi connectivity index (χ1) is 10.0. The van der Waals surface area contributed by atoms with E-state index in [2.05, 4.69) is 31.1 Å². The van der Waals surface area contributed by atoms with Crippen LogP contribution in [0.1, 0.15) is 59.3 Å². The van der Waals surface area contributed by atoms with E-state index < -0.39 is 5.54 Å². The molecule has 0 bridgehead atoms. The van der Waals surface area contributed by atoms with E-state index in [9.17, 15) is 4.79 Å². The second kappa shape index (κ2) is 7.10. The van der Waals surface area contributed by atoms with Crippen molar-refractivity contribution in [2.24, 2.45) is 5.92 Å². The van der Waals surface area contributed by atoms with Crippen LogP contribution in [0.5, 0.6) is 0 Å². The van der Waals surface area contributed by atoms with Crippen LogP contribution >= 0.6 is 0 Å². The highest BCUT2D eigenvalue weighted by molar-refractivity contribution is 5.82. The highest BCUT2D eigenvalue weighted by atomic mass is 16.5. The van der Waals surface area contributed by atoms with Gasteiger partial charge in [0.25, 0.3) is 0 Å². The van der Waals surface area contributed by atoms with Gasteiger partial charge in [0.05, 0.1) is 6.61 Å². The zero-order valence-corrected chi connectivity index (χ0v) is 14.2. The molecule has 0 saturated heterocycles. The third kappa shape index (κ3) is 4.19. The molecule has 21 heavy (non-hydrogen) atoms. The molecule has 2 atom stereocenters. The van der Waals surface area contributed by atoms with Crippen molar-refractivity contribution in [1.82, 2.24) is 10.2 Å². The molecule has 4 heteroatoms. The van der Waals surface area contributed by atoms with E-state index in [1.54, 1.807) is 0 Å². The van der Waals surface area contributed by atoms with Crippen LogP contribution in [0.2, 0.25) is 0 Å². The van der Waals surface area contributed by atoms with Crippen molar-refractivity contribution in [1.29, 1.82) is 0 Å². The minimum Gasteiger partial charge on any atom is -0.465 e. The van der Waals surface area contributed by atoms with Gasteiger partial charge in [-0.05, 0) is 58.9 Å². The molecule has 0 spiro atoms. The van der Waals surface area contributed by atoms with Crippen LogP contribution in [0, 0.1) is 5.92 Å². The summed E-state index contributed by atoms with van der Waals surface area (Å²) in [5.41, 5.74) is -0.478. The first-order valence-corrected chi connectivity index (χ1v) is 8.68. The fourth-order valence-corrected chi connectivity index (χ4v) is 3.20. The average Bonchev–Trinajstić information content (AvgIpc) is 3.31. The molecule has 2 fully saturated rings. The Bertz CT molecular complexity index is 353. The van der Waals surface area contributed by atoms with Gasteiger partial charge in [-0.1, -0.05) is 13.3 Å². The van der Waals surface area contributed by atoms with E-state index in [1.165, 1.54) is 25.7 Å². The van der Waals surface area contributed by atoms with Gasteiger partial charge in [0.15, 0.2) is 0 Å². The van der Waals surface area contributed by atoms with Gasteiger partial charge in [-0.2, -0.15) is 0 Å². The molecule has 122 valence electrons. The molecule has 0 aromatic rings. The molecule has 2 unspecified atom stereocenters. The monoisotopic (exact) mass is 296 g/mol. The van der Waals surface area contributed by atoms with Crippen molar-refractivity contribution in [2.75, 3.05) is 20.2 Å². The minimum atomic E-state index is -0.478. The molecular weight excluding hydrogens is 264 g/mol. The number of hydrogen-bond acceptors (Lipinski definition) is 4. The lowest BCUT2D eigenvalue weighted by atomic mass is 9.91. The molecule has 1 N–H and O–H groups in total. The van der Waals surface area contributed by atoms with E-state index >= 15 is 0 Å². The summed E-state index contributed by atoms with van der Waals surface area (Å²) in [4.78, 5) is 15.1. The van der Waals surface area contributed by atoms with Crippen LogP contribution in [0.3, 0.4) is 0 Å². The fourth-order valence-electron chi connectivity index (χ4n) is 3.20. The number of hydrogen-bond donors (Lipinski definition) is 1. The molecule has 0 aromatic carbocycles. The van der Waals surface area contributed by atoms with Crippen molar-refractivity contribution in [3.8, 4) is 0 Å². The SMILES string of the molecule is CCCC(C)N(C)CC(NC1CC1)(C(=O)OCC)C1CC1. The van der Waals surface area contributed by atoms with Gasteiger partial charge in [-0.3, -0.25) is 5.32 Å². The zero-order valence-electron chi connectivity index (χ0n) is 14.2. The highest BCUT2D eigenvalue weighted by Crippen LogP contribution is 2.43. The Labute approximate surface area is 129 Å². The second-order valence-electron chi connectivity index (χ2n) is 6.94. The zero-order chi connectivity index (χ0) is 15.5. The molecule has 0 radical (unpaired) electrons. The first kappa shape index (κ1) is 16.8. The topological polar surface area (TPSA) is 41.6 Å². The molecule has 0 amide bonds. The number of nitrogens with zero attached hydrogens (tertiary/aromatic N) is 1. The summed E-state index contributed by atoms with van der Waals surface area (Å²) in [5.74, 6) is 0.420. The Balaban J connectivity index is 2.10. The number of nitrogens with one attached hydrogen (secondary N) is 1. The molecule has 2 rings (SSSR count). The summed E-state index contributed by atoms with van der Waals surface area (Å²) in [7, 11) is 2.14. The van der Waals surface area contributed by atoms with E-state index in [4.69, 9.17) is 4.74 Å². The molecule has 4 nitrogen and oxygen atoms in total. The number of rotatable bonds is 10. The Morgan fingerprint density at radius 2 is 2.00 bits per heavy atom. The predicted octanol–water partition coefficient (Wildman–Crippen LogP) is 2.57. The lowest BCUT2D eigenvalue weighted by Crippen LogP contribution is -2.62. The fraction of sp³-hybridized carbons (Fsp3) is 0.941. The number of carbonyl (C=O) groups is 1. The molecule has 0 aromatic heterocycles. The average molecular weight is 296 g/mol. The maximum Gasteiger partial charge on any atom is 0.327 e. The van der Waals surface area contributed by atoms with Gasteiger partial charge in [-0.25, -0.2) is 4.79 Å². The van der Waals surface area contributed by atoms with Gasteiger partial charge >= 0.3 is 5.97 Å². The summed E-state index contributed by atoms with van der Waals surface area (Å²) >= 11 is 0. The van der Waals surface area contributed by atoms with Crippen molar-refractivity contribution >= 4 is 5.97 Å². The summed E-state index contributed by atoms with van der Waals surface area (Å²) in [6.45, 7) is 7.61. The van der Waals surface area contributed by atoms with Crippen LogP contribution < -0.4 is 5.32 Å². The van der Waals surface area contributed by atoms with Crippen LogP contribution in [0.15, 0.2) is 0 Å². The Morgan fingerprint density at radius 3 is 2.48 bits per heavy atom. The van der Waals surface area contributed by atoms with Crippen LogP contribution in [0.25, 0.3) is 0 Å².